The predicted octanol–water partition coefficient (Wildman–Crippen LogP) is 5.73. The van der Waals surface area contributed by atoms with E-state index in [-0.39, 0.29) is 46.5 Å². The summed E-state index contributed by atoms with van der Waals surface area (Å²) < 4.78 is 8.09. The molecule has 11 N–H and O–H groups in total. The van der Waals surface area contributed by atoms with Crippen molar-refractivity contribution in [3.63, 3.8) is 0 Å². The molecule has 0 unspecified atom stereocenters. The second-order valence-electron chi connectivity index (χ2n) is 20.8. The average molecular weight is 991 g/mol. The van der Waals surface area contributed by atoms with Crippen molar-refractivity contribution in [2.75, 3.05) is 48.5 Å². The molecule has 2 saturated heterocycles. The number of ether oxygens (including phenoxy) is 1. The van der Waals surface area contributed by atoms with Crippen LogP contribution in [-0.2, 0) is 17.6 Å². The van der Waals surface area contributed by atoms with Crippen LogP contribution in [0.15, 0.2) is 85.2 Å². The molecule has 2 aliphatic carbocycles. The Hall–Kier alpha value is -8.13. The van der Waals surface area contributed by atoms with Crippen molar-refractivity contribution in [2.24, 2.45) is 22.3 Å². The highest BCUT2D eigenvalue weighted by atomic mass is 16.6. The summed E-state index contributed by atoms with van der Waals surface area (Å²) in [4.78, 5) is 81.9. The lowest BCUT2D eigenvalue weighted by atomic mass is 9.57. The summed E-state index contributed by atoms with van der Waals surface area (Å²) in [6.45, 7) is 12.9. The van der Waals surface area contributed by atoms with Crippen LogP contribution in [0, 0.1) is 10.8 Å². The second-order valence-corrected chi connectivity index (χ2v) is 20.8. The quantitative estimate of drug-likeness (QED) is 0.0722. The number of likely N-dealkylation sites (tertiary alicyclic amines) is 1. The Morgan fingerprint density at radius 3 is 1.42 bits per heavy atom. The molecule has 20 nitrogen and oxygen atoms in total. The summed E-state index contributed by atoms with van der Waals surface area (Å²) in [5, 5.41) is 8.94. The largest absolute Gasteiger partial charge is 0.444 e. The van der Waals surface area contributed by atoms with Crippen LogP contribution in [0.25, 0.3) is 22.5 Å². The molecule has 2 aliphatic heterocycles. The third-order valence-electron chi connectivity index (χ3n) is 14.3. The van der Waals surface area contributed by atoms with Gasteiger partial charge >= 0.3 is 6.09 Å². The van der Waals surface area contributed by atoms with Gasteiger partial charge in [-0.15, -0.1) is 0 Å². The van der Waals surface area contributed by atoms with Gasteiger partial charge < -0.3 is 48.7 Å². The Labute approximate surface area is 422 Å². The number of carbonyl (C=O) groups excluding carboxylic acids is 5. The fourth-order valence-electron chi connectivity index (χ4n) is 10.4. The van der Waals surface area contributed by atoms with Crippen molar-refractivity contribution >= 4 is 41.4 Å². The molecule has 2 saturated carbocycles. The number of hydrogen-bond donors (Lipinski definition) is 7. The number of amides is 5. The maximum Gasteiger partial charge on any atom is 0.410 e. The number of nitrogen functional groups attached to an aromatic ring is 2. The molecule has 4 fully saturated rings. The molecule has 380 valence electrons. The Morgan fingerprint density at radius 1 is 0.658 bits per heavy atom. The zero-order valence-electron chi connectivity index (χ0n) is 41.7. The molecule has 0 bridgehead atoms. The van der Waals surface area contributed by atoms with Crippen LogP contribution in [0.3, 0.4) is 0 Å². The zero-order chi connectivity index (χ0) is 52.0. The standard InChI is InChI=1S/C29H35N7O4.C24H27N7O2/c1-5-17-10-11-32-21(12-17)33-26(38)19-8-6-18(7-9-19)22-23(24(30)37)36(31)25(34-22)20-13-29(14-20)15-35(16-29)27(39)40-28(2,3)4;1-2-14-7-8-28-18(9-14)29-23(33)16-5-3-15(4-6-16)19-20(21(25)32)31(26)22(30-19)17-10-24(11-17)12-27-13-24/h6-12,20H,5,13-16,31H2,1-4H3,(H2,30,37)(H,32,33,38);3-9,17,27H,2,10-13,26H2,1H3,(H2,25,32)(H,28,29,33). The molecular formula is C53H62N14O6. The SMILES string of the molecule is CCc1ccnc(NC(=O)c2ccc(-c3nc(C4CC5(C4)CN(C(=O)OC(C)(C)C)C5)n(N)c3C(N)=O)cc2)c1.CCc1ccnc(NC(=O)c2ccc(-c3nc(C4CC5(CNC5)C4)n(N)c3C(N)=O)cc2)c1. The number of benzene rings is 2. The molecule has 0 radical (unpaired) electrons. The molecule has 4 aliphatic rings. The minimum Gasteiger partial charge on any atom is -0.444 e. The van der Waals surface area contributed by atoms with Gasteiger partial charge in [0, 0.05) is 78.1 Å². The number of primary amides is 2. The third kappa shape index (κ3) is 10.2. The summed E-state index contributed by atoms with van der Waals surface area (Å²) in [5.41, 5.74) is 16.6. The number of rotatable bonds is 12. The van der Waals surface area contributed by atoms with Crippen LogP contribution in [0.4, 0.5) is 16.4 Å². The van der Waals surface area contributed by atoms with E-state index in [2.05, 4.69) is 25.9 Å². The molecule has 6 aromatic rings. The first-order chi connectivity index (χ1) is 34.8. The Morgan fingerprint density at radius 2 is 1.07 bits per heavy atom. The third-order valence-corrected chi connectivity index (χ3v) is 14.3. The van der Waals surface area contributed by atoms with Crippen LogP contribution in [0.1, 0.15) is 137 Å². The van der Waals surface area contributed by atoms with E-state index in [4.69, 9.17) is 37.9 Å². The zero-order valence-corrected chi connectivity index (χ0v) is 41.7. The number of aryl methyl sites for hydroxylation is 2. The summed E-state index contributed by atoms with van der Waals surface area (Å²) in [6.07, 6.45) is 8.32. The van der Waals surface area contributed by atoms with Gasteiger partial charge in [-0.3, -0.25) is 19.2 Å². The molecule has 6 heterocycles. The highest BCUT2D eigenvalue weighted by Gasteiger charge is 2.56. The minimum atomic E-state index is -0.686. The number of carbonyl (C=O) groups is 5. The van der Waals surface area contributed by atoms with Crippen molar-refractivity contribution in [1.82, 2.24) is 39.5 Å². The smallest absolute Gasteiger partial charge is 0.410 e. The summed E-state index contributed by atoms with van der Waals surface area (Å²) in [5.74, 6) is 13.2. The number of hydrogen-bond acceptors (Lipinski definition) is 13. The molecule has 5 amide bonds. The number of nitrogens with two attached hydrogens (primary N) is 4. The van der Waals surface area contributed by atoms with Crippen LogP contribution >= 0.6 is 0 Å². The number of nitrogens with zero attached hydrogens (tertiary/aromatic N) is 7. The molecule has 0 atom stereocenters. The van der Waals surface area contributed by atoms with E-state index in [1.54, 1.807) is 65.8 Å². The van der Waals surface area contributed by atoms with Gasteiger partial charge in [-0.1, -0.05) is 38.1 Å². The van der Waals surface area contributed by atoms with E-state index in [9.17, 15) is 24.0 Å². The predicted molar refractivity (Wildman–Crippen MR) is 275 cm³/mol. The highest BCUT2D eigenvalue weighted by molar-refractivity contribution is 6.05. The molecule has 2 aromatic carbocycles. The number of nitrogens with one attached hydrogen (secondary N) is 3. The number of anilines is 2. The Balaban J connectivity index is 0.000000183. The maximum absolute atomic E-state index is 12.8. The second kappa shape index (κ2) is 19.5. The van der Waals surface area contributed by atoms with Gasteiger partial charge in [0.15, 0.2) is 11.4 Å². The van der Waals surface area contributed by atoms with Crippen molar-refractivity contribution < 1.29 is 28.7 Å². The fourth-order valence-corrected chi connectivity index (χ4v) is 10.4. The monoisotopic (exact) mass is 990 g/mol. The molecule has 4 aromatic heterocycles. The lowest BCUT2D eigenvalue weighted by Gasteiger charge is -2.58. The van der Waals surface area contributed by atoms with E-state index in [1.807, 2.05) is 58.9 Å². The first-order valence-electron chi connectivity index (χ1n) is 24.5. The van der Waals surface area contributed by atoms with Crippen molar-refractivity contribution in [2.45, 2.75) is 90.6 Å². The van der Waals surface area contributed by atoms with Crippen molar-refractivity contribution in [3.05, 3.63) is 130 Å². The first-order valence-corrected chi connectivity index (χ1v) is 24.5. The van der Waals surface area contributed by atoms with E-state index in [1.165, 1.54) is 9.35 Å². The molecule has 10 rings (SSSR count). The van der Waals surface area contributed by atoms with E-state index in [0.29, 0.717) is 75.4 Å². The maximum atomic E-state index is 12.8. The van der Waals surface area contributed by atoms with Gasteiger partial charge in [0.25, 0.3) is 23.6 Å². The fraction of sp³-hybridized carbons (Fsp3) is 0.377. The molecule has 73 heavy (non-hydrogen) atoms. The van der Waals surface area contributed by atoms with E-state index in [0.717, 1.165) is 62.7 Å². The van der Waals surface area contributed by atoms with E-state index < -0.39 is 17.4 Å². The normalized spacial score (nSPS) is 17.2. The Kier molecular flexibility index (Phi) is 13.3. The van der Waals surface area contributed by atoms with Crippen LogP contribution < -0.4 is 39.1 Å². The Bertz CT molecular complexity index is 3090. The van der Waals surface area contributed by atoms with Crippen LogP contribution in [0.2, 0.25) is 0 Å². The first kappa shape index (κ1) is 49.8. The van der Waals surface area contributed by atoms with Gasteiger partial charge in [0.2, 0.25) is 0 Å². The van der Waals surface area contributed by atoms with Crippen LogP contribution in [-0.4, -0.2) is 95.7 Å². The van der Waals surface area contributed by atoms with Crippen LogP contribution in [0.5, 0.6) is 0 Å². The lowest BCUT2D eigenvalue weighted by molar-refractivity contribution is -0.0800. The van der Waals surface area contributed by atoms with Gasteiger partial charge in [-0.05, 0) is 124 Å². The molecule has 20 heteroatoms. The summed E-state index contributed by atoms with van der Waals surface area (Å²) >= 11 is 0. The van der Waals surface area contributed by atoms with Gasteiger partial charge in [0.05, 0.1) is 0 Å². The number of imidazole rings is 2. The van der Waals surface area contributed by atoms with Gasteiger partial charge in [-0.25, -0.2) is 34.1 Å². The lowest BCUT2D eigenvalue weighted by Crippen LogP contribution is -2.64. The van der Waals surface area contributed by atoms with E-state index >= 15 is 0 Å². The topological polar surface area (TPSA) is 299 Å². The molecule has 2 spiro atoms. The number of pyridine rings is 2. The summed E-state index contributed by atoms with van der Waals surface area (Å²) in [6, 6.07) is 21.1. The molecular weight excluding hydrogens is 929 g/mol. The summed E-state index contributed by atoms with van der Waals surface area (Å²) in [7, 11) is 0. The van der Waals surface area contributed by atoms with Crippen molar-refractivity contribution in [3.8, 4) is 22.5 Å². The minimum absolute atomic E-state index is 0.0150. The highest BCUT2D eigenvalue weighted by Crippen LogP contribution is 2.56. The van der Waals surface area contributed by atoms with Gasteiger partial charge in [-0.2, -0.15) is 0 Å². The van der Waals surface area contributed by atoms with Gasteiger partial charge in [0.1, 0.15) is 40.3 Å². The van der Waals surface area contributed by atoms with Crippen molar-refractivity contribution in [1.29, 1.82) is 0 Å². The number of aromatic nitrogens is 6. The average Bonchev–Trinajstić information content (AvgIpc) is 3.83.